The topological polar surface area (TPSA) is 72.7 Å². The number of nitrogens with one attached hydrogen (secondary N) is 1. The van der Waals surface area contributed by atoms with Crippen LogP contribution in [0.5, 0.6) is 11.5 Å². The first-order chi connectivity index (χ1) is 8.58. The minimum atomic E-state index is -0.342. The normalized spacial score (nSPS) is 12.9. The fourth-order valence-electron chi connectivity index (χ4n) is 2.04. The van der Waals surface area contributed by atoms with E-state index in [1.807, 2.05) is 0 Å². The smallest absolute Gasteiger partial charge is 0.157 e. The van der Waals surface area contributed by atoms with Gasteiger partial charge < -0.3 is 20.6 Å². The molecule has 0 aliphatic heterocycles. The molecule has 0 fully saturated rings. The summed E-state index contributed by atoms with van der Waals surface area (Å²) in [4.78, 5) is 0. The van der Waals surface area contributed by atoms with Gasteiger partial charge >= 0.3 is 0 Å². The Hall–Kier alpha value is -1.26. The number of aliphatic hydroxyl groups excluding tert-OH is 1. The van der Waals surface area contributed by atoms with Crippen LogP contribution in [0.2, 0.25) is 0 Å². The van der Waals surface area contributed by atoms with Gasteiger partial charge in [0.05, 0.1) is 6.10 Å². The van der Waals surface area contributed by atoms with E-state index in [0.717, 1.165) is 18.4 Å². The van der Waals surface area contributed by atoms with Crippen LogP contribution < -0.4 is 5.32 Å². The molecule has 4 N–H and O–H groups in total. The minimum absolute atomic E-state index is 0.115. The molecular weight excluding hydrogens is 230 g/mol. The Morgan fingerprint density at radius 3 is 2.33 bits per heavy atom. The van der Waals surface area contributed by atoms with Crippen molar-refractivity contribution in [2.24, 2.45) is 5.92 Å². The summed E-state index contributed by atoms with van der Waals surface area (Å²) in [6.45, 7) is 5.25. The van der Waals surface area contributed by atoms with Gasteiger partial charge in [0.15, 0.2) is 11.5 Å². The van der Waals surface area contributed by atoms with E-state index < -0.39 is 0 Å². The third-order valence-corrected chi connectivity index (χ3v) is 3.32. The summed E-state index contributed by atoms with van der Waals surface area (Å²) in [7, 11) is 0. The van der Waals surface area contributed by atoms with E-state index in [9.17, 15) is 15.3 Å². The van der Waals surface area contributed by atoms with E-state index in [1.165, 1.54) is 12.1 Å². The Balaban J connectivity index is 2.39. The van der Waals surface area contributed by atoms with Crippen LogP contribution in [0.3, 0.4) is 0 Å². The first-order valence-electron chi connectivity index (χ1n) is 6.48. The predicted molar refractivity (Wildman–Crippen MR) is 71.6 cm³/mol. The van der Waals surface area contributed by atoms with Gasteiger partial charge in [0.25, 0.3) is 0 Å². The van der Waals surface area contributed by atoms with Crippen molar-refractivity contribution < 1.29 is 15.3 Å². The number of benzene rings is 1. The Labute approximate surface area is 108 Å². The van der Waals surface area contributed by atoms with Crippen molar-refractivity contribution in [2.75, 3.05) is 6.54 Å². The summed E-state index contributed by atoms with van der Waals surface area (Å²) in [5, 5.41) is 31.6. The summed E-state index contributed by atoms with van der Waals surface area (Å²) in [6.07, 6.45) is 1.60. The third kappa shape index (κ3) is 4.20. The maximum atomic E-state index is 9.93. The molecule has 1 aromatic rings. The SMILES string of the molecule is CCC(CC)C(O)CNCc1ccc(O)c(O)c1. The van der Waals surface area contributed by atoms with Crippen LogP contribution >= 0.6 is 0 Å². The highest BCUT2D eigenvalue weighted by molar-refractivity contribution is 5.40. The maximum absolute atomic E-state index is 9.93. The van der Waals surface area contributed by atoms with E-state index in [0.29, 0.717) is 19.0 Å². The van der Waals surface area contributed by atoms with Crippen molar-refractivity contribution in [3.8, 4) is 11.5 Å². The lowest BCUT2D eigenvalue weighted by molar-refractivity contribution is 0.101. The van der Waals surface area contributed by atoms with Crippen LogP contribution in [0.4, 0.5) is 0 Å². The Bertz CT molecular complexity index is 364. The van der Waals surface area contributed by atoms with Gasteiger partial charge in [-0.05, 0) is 23.6 Å². The zero-order valence-corrected chi connectivity index (χ0v) is 11.1. The van der Waals surface area contributed by atoms with Crippen molar-refractivity contribution in [3.63, 3.8) is 0 Å². The molecule has 0 aliphatic rings. The molecule has 1 atom stereocenters. The van der Waals surface area contributed by atoms with Crippen LogP contribution in [-0.4, -0.2) is 28.0 Å². The molecule has 0 bridgehead atoms. The average molecular weight is 253 g/mol. The summed E-state index contributed by atoms with van der Waals surface area (Å²) < 4.78 is 0. The maximum Gasteiger partial charge on any atom is 0.157 e. The second kappa shape index (κ2) is 7.24. The zero-order chi connectivity index (χ0) is 13.5. The number of hydrogen-bond acceptors (Lipinski definition) is 4. The van der Waals surface area contributed by atoms with Gasteiger partial charge in [-0.15, -0.1) is 0 Å². The van der Waals surface area contributed by atoms with E-state index in [-0.39, 0.29) is 17.6 Å². The minimum Gasteiger partial charge on any atom is -0.504 e. The highest BCUT2D eigenvalue weighted by atomic mass is 16.3. The van der Waals surface area contributed by atoms with Crippen molar-refractivity contribution in [1.29, 1.82) is 0 Å². The summed E-state index contributed by atoms with van der Waals surface area (Å²) in [5.74, 6) is 0.0939. The van der Waals surface area contributed by atoms with Gasteiger partial charge in [0, 0.05) is 13.1 Å². The molecule has 1 rings (SSSR count). The number of rotatable bonds is 7. The molecule has 0 aromatic heterocycles. The van der Waals surface area contributed by atoms with E-state index in [4.69, 9.17) is 0 Å². The molecule has 0 amide bonds. The molecule has 4 nitrogen and oxygen atoms in total. The molecular formula is C14H23NO3. The number of phenolic OH excluding ortho intramolecular Hbond substituents is 2. The van der Waals surface area contributed by atoms with E-state index in [1.54, 1.807) is 6.07 Å². The first kappa shape index (κ1) is 14.8. The fourth-order valence-corrected chi connectivity index (χ4v) is 2.04. The highest BCUT2D eigenvalue weighted by Gasteiger charge is 2.14. The van der Waals surface area contributed by atoms with Crippen molar-refractivity contribution in [3.05, 3.63) is 23.8 Å². The first-order valence-corrected chi connectivity index (χ1v) is 6.48. The highest BCUT2D eigenvalue weighted by Crippen LogP contribution is 2.24. The molecule has 0 aliphatic carbocycles. The molecule has 0 heterocycles. The molecule has 1 unspecified atom stereocenters. The number of aliphatic hydroxyl groups is 1. The quantitative estimate of drug-likeness (QED) is 0.561. The molecule has 0 spiro atoms. The zero-order valence-electron chi connectivity index (χ0n) is 11.1. The van der Waals surface area contributed by atoms with Gasteiger partial charge in [-0.3, -0.25) is 0 Å². The summed E-state index contributed by atoms with van der Waals surface area (Å²) >= 11 is 0. The van der Waals surface area contributed by atoms with Gasteiger partial charge in [-0.2, -0.15) is 0 Å². The third-order valence-electron chi connectivity index (χ3n) is 3.32. The monoisotopic (exact) mass is 253 g/mol. The number of hydrogen-bond donors (Lipinski definition) is 4. The van der Waals surface area contributed by atoms with E-state index >= 15 is 0 Å². The van der Waals surface area contributed by atoms with Crippen molar-refractivity contribution in [1.82, 2.24) is 5.32 Å². The van der Waals surface area contributed by atoms with E-state index in [2.05, 4.69) is 19.2 Å². The standard InChI is InChI=1S/C14H23NO3/c1-3-11(4-2)14(18)9-15-8-10-5-6-12(16)13(17)7-10/h5-7,11,14-18H,3-4,8-9H2,1-2H3. The molecule has 1 aromatic carbocycles. The van der Waals surface area contributed by atoms with Gasteiger partial charge in [0.2, 0.25) is 0 Å². The van der Waals surface area contributed by atoms with Crippen LogP contribution in [0.25, 0.3) is 0 Å². The number of aromatic hydroxyl groups is 2. The van der Waals surface area contributed by atoms with Gasteiger partial charge in [-0.25, -0.2) is 0 Å². The van der Waals surface area contributed by atoms with Crippen LogP contribution in [0.1, 0.15) is 32.3 Å². The molecule has 0 saturated carbocycles. The largest absolute Gasteiger partial charge is 0.504 e. The number of phenols is 2. The fraction of sp³-hybridized carbons (Fsp3) is 0.571. The Morgan fingerprint density at radius 1 is 1.11 bits per heavy atom. The Morgan fingerprint density at radius 2 is 1.78 bits per heavy atom. The lowest BCUT2D eigenvalue weighted by Crippen LogP contribution is -2.32. The average Bonchev–Trinajstić information content (AvgIpc) is 2.35. The van der Waals surface area contributed by atoms with Crippen LogP contribution in [0, 0.1) is 5.92 Å². The second-order valence-corrected chi connectivity index (χ2v) is 4.60. The Kier molecular flexibility index (Phi) is 5.95. The lowest BCUT2D eigenvalue weighted by atomic mass is 9.96. The van der Waals surface area contributed by atoms with Crippen LogP contribution in [-0.2, 0) is 6.54 Å². The molecule has 0 radical (unpaired) electrons. The second-order valence-electron chi connectivity index (χ2n) is 4.60. The van der Waals surface area contributed by atoms with Gasteiger partial charge in [0.1, 0.15) is 0 Å². The molecule has 0 saturated heterocycles. The summed E-state index contributed by atoms with van der Waals surface area (Å²) in [6, 6.07) is 4.72. The van der Waals surface area contributed by atoms with Crippen molar-refractivity contribution >= 4 is 0 Å². The van der Waals surface area contributed by atoms with Crippen LogP contribution in [0.15, 0.2) is 18.2 Å². The molecule has 4 heteroatoms. The predicted octanol–water partition coefficient (Wildman–Crippen LogP) is 1.98. The summed E-state index contributed by atoms with van der Waals surface area (Å²) in [5.41, 5.74) is 0.877. The lowest BCUT2D eigenvalue weighted by Gasteiger charge is -2.20. The van der Waals surface area contributed by atoms with Gasteiger partial charge in [-0.1, -0.05) is 32.8 Å². The van der Waals surface area contributed by atoms with Crippen molar-refractivity contribution in [2.45, 2.75) is 39.3 Å². The molecule has 102 valence electrons. The molecule has 18 heavy (non-hydrogen) atoms.